The number of hydrogen-bond donors (Lipinski definition) is 2. The maximum Gasteiger partial charge on any atom is 0.253 e. The lowest BCUT2D eigenvalue weighted by atomic mass is 10.1. The highest BCUT2D eigenvalue weighted by atomic mass is 79.9. The monoisotopic (exact) mass is 407 g/mol. The lowest BCUT2D eigenvalue weighted by Crippen LogP contribution is -2.32. The van der Waals surface area contributed by atoms with E-state index in [2.05, 4.69) is 21.2 Å². The van der Waals surface area contributed by atoms with Crippen LogP contribution in [0.15, 0.2) is 34.8 Å². The van der Waals surface area contributed by atoms with Crippen molar-refractivity contribution >= 4 is 39.1 Å². The van der Waals surface area contributed by atoms with Gasteiger partial charge >= 0.3 is 0 Å². The summed E-state index contributed by atoms with van der Waals surface area (Å²) in [7, 11) is 1.59. The molecule has 7 heteroatoms. The Balaban J connectivity index is 2.22. The maximum atomic E-state index is 14.0. The first-order chi connectivity index (χ1) is 11.7. The zero-order chi connectivity index (χ0) is 18.7. The molecule has 0 aliphatic carbocycles. The molecule has 0 saturated carbocycles. The summed E-state index contributed by atoms with van der Waals surface area (Å²) in [5.41, 5.74) is 8.03. The lowest BCUT2D eigenvalue weighted by Gasteiger charge is -2.22. The van der Waals surface area contributed by atoms with Crippen molar-refractivity contribution in [2.45, 2.75) is 13.8 Å². The Hall–Kier alpha value is -2.41. The van der Waals surface area contributed by atoms with Crippen LogP contribution in [0, 0.1) is 19.7 Å². The number of rotatable bonds is 5. The number of likely N-dealkylation sites (N-methyl/N-ethyl adjacent to an activating group) is 1. The van der Waals surface area contributed by atoms with Gasteiger partial charge in [-0.05, 0) is 43.2 Å². The Morgan fingerprint density at radius 1 is 1.28 bits per heavy atom. The fourth-order valence-electron chi connectivity index (χ4n) is 2.48. The van der Waals surface area contributed by atoms with Gasteiger partial charge in [0, 0.05) is 17.2 Å². The molecule has 0 fully saturated rings. The topological polar surface area (TPSA) is 75.4 Å². The Morgan fingerprint density at radius 3 is 2.60 bits per heavy atom. The molecular weight excluding hydrogens is 389 g/mol. The summed E-state index contributed by atoms with van der Waals surface area (Å²) < 4.78 is 14.5. The number of nitrogens with zero attached hydrogens (tertiary/aromatic N) is 1. The van der Waals surface area contributed by atoms with Crippen LogP contribution in [0.1, 0.15) is 21.5 Å². The fourth-order valence-corrected chi connectivity index (χ4v) is 2.90. The number of benzene rings is 2. The van der Waals surface area contributed by atoms with Crippen molar-refractivity contribution < 1.29 is 14.0 Å². The van der Waals surface area contributed by atoms with E-state index in [1.54, 1.807) is 13.1 Å². The van der Waals surface area contributed by atoms with Gasteiger partial charge in [-0.1, -0.05) is 28.1 Å². The summed E-state index contributed by atoms with van der Waals surface area (Å²) >= 11 is 3.18. The number of halogens is 2. The van der Waals surface area contributed by atoms with Crippen LogP contribution < -0.4 is 16.0 Å². The molecule has 0 spiro atoms. The third kappa shape index (κ3) is 4.36. The van der Waals surface area contributed by atoms with E-state index in [9.17, 15) is 14.0 Å². The van der Waals surface area contributed by atoms with Gasteiger partial charge in [-0.15, -0.1) is 0 Å². The molecule has 0 radical (unpaired) electrons. The summed E-state index contributed by atoms with van der Waals surface area (Å²) in [6.45, 7) is 3.81. The summed E-state index contributed by atoms with van der Waals surface area (Å²) in [4.78, 5) is 25.4. The highest BCUT2D eigenvalue weighted by molar-refractivity contribution is 9.10. The number of hydrogen-bond acceptors (Lipinski definition) is 3. The van der Waals surface area contributed by atoms with Gasteiger partial charge in [0.1, 0.15) is 5.82 Å². The quantitative estimate of drug-likeness (QED) is 0.797. The van der Waals surface area contributed by atoms with E-state index >= 15 is 0 Å². The van der Waals surface area contributed by atoms with Crippen molar-refractivity contribution in [2.75, 3.05) is 23.8 Å². The van der Waals surface area contributed by atoms with Gasteiger partial charge in [-0.25, -0.2) is 4.39 Å². The first-order valence-corrected chi connectivity index (χ1v) is 8.36. The molecule has 0 bridgehead atoms. The van der Waals surface area contributed by atoms with Crippen LogP contribution in [-0.2, 0) is 4.79 Å². The minimum absolute atomic E-state index is 0.0659. The predicted octanol–water partition coefficient (Wildman–Crippen LogP) is 3.38. The zero-order valence-electron chi connectivity index (χ0n) is 14.2. The van der Waals surface area contributed by atoms with Crippen LogP contribution in [0.3, 0.4) is 0 Å². The lowest BCUT2D eigenvalue weighted by molar-refractivity contribution is -0.114. The summed E-state index contributed by atoms with van der Waals surface area (Å²) in [6, 6.07) is 8.34. The summed E-state index contributed by atoms with van der Waals surface area (Å²) in [5, 5.41) is 2.83. The second-order valence-electron chi connectivity index (χ2n) is 5.80. The Morgan fingerprint density at radius 2 is 1.96 bits per heavy atom. The van der Waals surface area contributed by atoms with Gasteiger partial charge in [0.25, 0.3) is 5.91 Å². The summed E-state index contributed by atoms with van der Waals surface area (Å²) in [5.74, 6) is -1.91. The van der Waals surface area contributed by atoms with Crippen LogP contribution in [0.2, 0.25) is 0 Å². The van der Waals surface area contributed by atoms with Gasteiger partial charge in [0.05, 0.1) is 17.8 Å². The molecule has 2 rings (SSSR count). The molecule has 2 amide bonds. The SMILES string of the molecule is Cc1cccc(NC(=O)CN(C)c2cc(Br)cc(F)c2C(N)=O)c1C. The number of amides is 2. The molecule has 0 aliphatic heterocycles. The number of carbonyl (C=O) groups is 2. The Kier molecular flexibility index (Phi) is 5.79. The molecule has 132 valence electrons. The van der Waals surface area contributed by atoms with Crippen LogP contribution >= 0.6 is 15.9 Å². The smallest absolute Gasteiger partial charge is 0.253 e. The van der Waals surface area contributed by atoms with Gasteiger partial charge in [-0.2, -0.15) is 0 Å². The van der Waals surface area contributed by atoms with Gasteiger partial charge in [0.15, 0.2) is 0 Å². The molecule has 0 saturated heterocycles. The highest BCUT2D eigenvalue weighted by Gasteiger charge is 2.20. The minimum atomic E-state index is -0.887. The van der Waals surface area contributed by atoms with E-state index in [1.807, 2.05) is 32.0 Å². The maximum absolute atomic E-state index is 14.0. The molecular formula is C18H19BrFN3O2. The molecule has 0 heterocycles. The van der Waals surface area contributed by atoms with E-state index in [-0.39, 0.29) is 23.7 Å². The van der Waals surface area contributed by atoms with E-state index in [1.165, 1.54) is 4.90 Å². The number of aryl methyl sites for hydroxylation is 1. The van der Waals surface area contributed by atoms with E-state index < -0.39 is 11.7 Å². The molecule has 2 aromatic rings. The van der Waals surface area contributed by atoms with Crippen molar-refractivity contribution in [1.82, 2.24) is 0 Å². The molecule has 5 nitrogen and oxygen atoms in total. The fraction of sp³-hybridized carbons (Fsp3) is 0.222. The molecule has 3 N–H and O–H groups in total. The normalized spacial score (nSPS) is 10.4. The number of carbonyl (C=O) groups excluding carboxylic acids is 2. The molecule has 0 unspecified atom stereocenters. The number of nitrogens with two attached hydrogens (primary N) is 1. The van der Waals surface area contributed by atoms with Crippen molar-refractivity contribution in [1.29, 1.82) is 0 Å². The van der Waals surface area contributed by atoms with Gasteiger partial charge < -0.3 is 16.0 Å². The molecule has 0 atom stereocenters. The highest BCUT2D eigenvalue weighted by Crippen LogP contribution is 2.27. The largest absolute Gasteiger partial charge is 0.365 e. The third-order valence-electron chi connectivity index (χ3n) is 3.95. The second-order valence-corrected chi connectivity index (χ2v) is 6.71. The van der Waals surface area contributed by atoms with E-state index in [0.717, 1.165) is 17.2 Å². The van der Waals surface area contributed by atoms with Crippen molar-refractivity contribution in [3.8, 4) is 0 Å². The Bertz CT molecular complexity index is 839. The van der Waals surface area contributed by atoms with E-state index in [0.29, 0.717) is 10.2 Å². The van der Waals surface area contributed by atoms with Crippen LogP contribution in [-0.4, -0.2) is 25.4 Å². The number of primary amides is 1. The first kappa shape index (κ1) is 18.9. The molecule has 0 aromatic heterocycles. The zero-order valence-corrected chi connectivity index (χ0v) is 15.8. The van der Waals surface area contributed by atoms with E-state index in [4.69, 9.17) is 5.73 Å². The Labute approximate surface area is 154 Å². The van der Waals surface area contributed by atoms with Crippen molar-refractivity contribution in [3.05, 3.63) is 57.3 Å². The minimum Gasteiger partial charge on any atom is -0.365 e. The van der Waals surface area contributed by atoms with Gasteiger partial charge in [0.2, 0.25) is 5.91 Å². The van der Waals surface area contributed by atoms with Crippen LogP contribution in [0.4, 0.5) is 15.8 Å². The van der Waals surface area contributed by atoms with Crippen molar-refractivity contribution in [2.24, 2.45) is 5.73 Å². The third-order valence-corrected chi connectivity index (χ3v) is 4.41. The van der Waals surface area contributed by atoms with Crippen molar-refractivity contribution in [3.63, 3.8) is 0 Å². The van der Waals surface area contributed by atoms with Crippen LogP contribution in [0.25, 0.3) is 0 Å². The predicted molar refractivity (Wildman–Crippen MR) is 100 cm³/mol. The molecule has 0 aliphatic rings. The molecule has 2 aromatic carbocycles. The second kappa shape index (κ2) is 7.65. The average molecular weight is 408 g/mol. The van der Waals surface area contributed by atoms with Gasteiger partial charge in [-0.3, -0.25) is 9.59 Å². The van der Waals surface area contributed by atoms with Crippen LogP contribution in [0.5, 0.6) is 0 Å². The summed E-state index contributed by atoms with van der Waals surface area (Å²) in [6.07, 6.45) is 0. The molecule has 25 heavy (non-hydrogen) atoms. The first-order valence-electron chi connectivity index (χ1n) is 7.56. The number of anilines is 2. The standard InChI is InChI=1S/C18H19BrFN3O2/c1-10-5-4-6-14(11(10)2)22-16(24)9-23(3)15-8-12(19)7-13(20)17(15)18(21)25/h4-8H,9H2,1-3H3,(H2,21,25)(H,22,24). The number of nitrogens with one attached hydrogen (secondary N) is 1. The average Bonchev–Trinajstić information content (AvgIpc) is 2.50.